The molecule has 1 N–H and O–H groups in total. The number of ether oxygens (including phenoxy) is 2. The number of esters is 1. The number of hydrogen-bond acceptors (Lipinski definition) is 5. The van der Waals surface area contributed by atoms with E-state index in [1.807, 2.05) is 0 Å². The van der Waals surface area contributed by atoms with E-state index in [4.69, 9.17) is 4.74 Å². The van der Waals surface area contributed by atoms with Gasteiger partial charge in [0.05, 0.1) is 25.9 Å². The van der Waals surface area contributed by atoms with Crippen LogP contribution in [0.1, 0.15) is 19.3 Å². The number of carbonyl (C=O) groups excluding carboxylic acids is 2. The van der Waals surface area contributed by atoms with Crippen molar-refractivity contribution in [3.63, 3.8) is 0 Å². The second-order valence-corrected chi connectivity index (χ2v) is 5.57. The molecule has 0 unspecified atom stereocenters. The van der Waals surface area contributed by atoms with Crippen molar-refractivity contribution in [2.24, 2.45) is 5.41 Å². The van der Waals surface area contributed by atoms with Crippen LogP contribution in [0, 0.1) is 5.41 Å². The second-order valence-electron chi connectivity index (χ2n) is 4.59. The molecular weight excluding hydrogens is 254 g/mol. The summed E-state index contributed by atoms with van der Waals surface area (Å²) in [5.41, 5.74) is 0.0879. The smallest absolute Gasteiger partial charge is 0.306 e. The molecule has 0 heterocycles. The highest BCUT2D eigenvalue weighted by Crippen LogP contribution is 2.51. The van der Waals surface area contributed by atoms with Crippen molar-refractivity contribution in [2.45, 2.75) is 19.3 Å². The monoisotopic (exact) mass is 275 g/mol. The van der Waals surface area contributed by atoms with Gasteiger partial charge in [0, 0.05) is 13.7 Å². The quantitative estimate of drug-likeness (QED) is 0.499. The molecule has 0 saturated heterocycles. The summed E-state index contributed by atoms with van der Waals surface area (Å²) >= 11 is 1.58. The van der Waals surface area contributed by atoms with E-state index >= 15 is 0 Å². The third kappa shape index (κ3) is 5.73. The Kier molecular flexibility index (Phi) is 6.49. The minimum Gasteiger partial charge on any atom is -0.469 e. The van der Waals surface area contributed by atoms with Crippen LogP contribution in [0.25, 0.3) is 0 Å². The van der Waals surface area contributed by atoms with Crippen LogP contribution in [0.4, 0.5) is 0 Å². The van der Waals surface area contributed by atoms with Gasteiger partial charge in [0.2, 0.25) is 5.91 Å². The van der Waals surface area contributed by atoms with Crippen LogP contribution in [0.15, 0.2) is 0 Å². The first kappa shape index (κ1) is 15.3. The fourth-order valence-corrected chi connectivity index (χ4v) is 2.84. The van der Waals surface area contributed by atoms with Crippen LogP contribution in [-0.2, 0) is 19.1 Å². The largest absolute Gasteiger partial charge is 0.469 e. The molecule has 1 saturated carbocycles. The average Bonchev–Trinajstić information content (AvgIpc) is 3.09. The molecule has 18 heavy (non-hydrogen) atoms. The molecule has 0 aromatic rings. The van der Waals surface area contributed by atoms with Crippen molar-refractivity contribution in [2.75, 3.05) is 38.9 Å². The molecule has 0 atom stereocenters. The number of thioether (sulfide) groups is 1. The molecule has 0 aliphatic heterocycles. The van der Waals surface area contributed by atoms with Gasteiger partial charge in [0.1, 0.15) is 0 Å². The van der Waals surface area contributed by atoms with Crippen LogP contribution in [0.2, 0.25) is 0 Å². The molecule has 6 heteroatoms. The van der Waals surface area contributed by atoms with Gasteiger partial charge in [-0.2, -0.15) is 11.8 Å². The van der Waals surface area contributed by atoms with E-state index < -0.39 is 0 Å². The minimum absolute atomic E-state index is 0.0194. The van der Waals surface area contributed by atoms with Gasteiger partial charge in [-0.05, 0) is 24.0 Å². The minimum atomic E-state index is -0.155. The van der Waals surface area contributed by atoms with Gasteiger partial charge < -0.3 is 14.8 Å². The first-order valence-corrected chi connectivity index (χ1v) is 7.17. The van der Waals surface area contributed by atoms with Crippen LogP contribution in [0.5, 0.6) is 0 Å². The lowest BCUT2D eigenvalue weighted by molar-refractivity contribution is -0.141. The van der Waals surface area contributed by atoms with E-state index in [0.717, 1.165) is 18.6 Å². The van der Waals surface area contributed by atoms with Gasteiger partial charge in [0.15, 0.2) is 0 Å². The lowest BCUT2D eigenvalue weighted by Crippen LogP contribution is -2.28. The van der Waals surface area contributed by atoms with Gasteiger partial charge in [-0.25, -0.2) is 0 Å². The number of nitrogens with one attached hydrogen (secondary N) is 1. The number of rotatable bonds is 9. The topological polar surface area (TPSA) is 64.6 Å². The third-order valence-corrected chi connectivity index (χ3v) is 4.26. The van der Waals surface area contributed by atoms with Crippen LogP contribution >= 0.6 is 11.8 Å². The summed E-state index contributed by atoms with van der Waals surface area (Å²) in [4.78, 5) is 22.6. The predicted octanol–water partition coefficient (Wildman–Crippen LogP) is 0.825. The van der Waals surface area contributed by atoms with Gasteiger partial charge in [-0.15, -0.1) is 0 Å². The van der Waals surface area contributed by atoms with Gasteiger partial charge in [-0.1, -0.05) is 0 Å². The number of amides is 1. The molecule has 1 amide bonds. The molecule has 0 bridgehead atoms. The highest BCUT2D eigenvalue weighted by Gasteiger charge is 2.44. The zero-order valence-electron chi connectivity index (χ0n) is 11.0. The molecule has 0 spiro atoms. The van der Waals surface area contributed by atoms with Crippen LogP contribution in [-0.4, -0.2) is 50.8 Å². The third-order valence-electron chi connectivity index (χ3n) is 2.97. The summed E-state index contributed by atoms with van der Waals surface area (Å²) in [7, 11) is 3.01. The summed E-state index contributed by atoms with van der Waals surface area (Å²) in [6.45, 7) is 1.08. The zero-order valence-corrected chi connectivity index (χ0v) is 11.8. The maximum Gasteiger partial charge on any atom is 0.306 e. The molecule has 5 nitrogen and oxygen atoms in total. The summed E-state index contributed by atoms with van der Waals surface area (Å²) in [5, 5.41) is 2.77. The van der Waals surface area contributed by atoms with Crippen LogP contribution < -0.4 is 5.32 Å². The average molecular weight is 275 g/mol. The summed E-state index contributed by atoms with van der Waals surface area (Å²) in [6.07, 6.45) is 2.59. The Morgan fingerprint density at radius 3 is 2.61 bits per heavy atom. The Labute approximate surface area is 112 Å². The molecule has 0 aromatic carbocycles. The van der Waals surface area contributed by atoms with Gasteiger partial charge >= 0.3 is 5.97 Å². The van der Waals surface area contributed by atoms with Crippen molar-refractivity contribution in [3.05, 3.63) is 0 Å². The Morgan fingerprint density at radius 2 is 2.06 bits per heavy atom. The van der Waals surface area contributed by atoms with Crippen molar-refractivity contribution in [1.82, 2.24) is 5.32 Å². The first-order chi connectivity index (χ1) is 8.62. The zero-order chi connectivity index (χ0) is 13.4. The highest BCUT2D eigenvalue weighted by molar-refractivity contribution is 7.99. The van der Waals surface area contributed by atoms with Crippen LogP contribution in [0.3, 0.4) is 0 Å². The Morgan fingerprint density at radius 1 is 1.33 bits per heavy atom. The van der Waals surface area contributed by atoms with E-state index in [1.165, 1.54) is 7.11 Å². The molecule has 104 valence electrons. The standard InChI is InChI=1S/C12H21NO4S/c1-16-6-5-13-10(14)8-18-9-12(3-4-12)7-11(15)17-2/h3-9H2,1-2H3,(H,13,14). The van der Waals surface area contributed by atoms with Crippen molar-refractivity contribution >= 4 is 23.6 Å². The van der Waals surface area contributed by atoms with E-state index in [1.54, 1.807) is 18.9 Å². The predicted molar refractivity (Wildman–Crippen MR) is 70.5 cm³/mol. The molecular formula is C12H21NO4S. The summed E-state index contributed by atoms with van der Waals surface area (Å²) in [5.74, 6) is 1.15. The molecule has 1 fully saturated rings. The molecule has 1 rings (SSSR count). The van der Waals surface area contributed by atoms with E-state index in [-0.39, 0.29) is 17.3 Å². The van der Waals surface area contributed by atoms with Gasteiger partial charge in [0.25, 0.3) is 0 Å². The van der Waals surface area contributed by atoms with E-state index in [0.29, 0.717) is 25.3 Å². The van der Waals surface area contributed by atoms with Crippen molar-refractivity contribution in [3.8, 4) is 0 Å². The summed E-state index contributed by atoms with van der Waals surface area (Å²) < 4.78 is 9.52. The van der Waals surface area contributed by atoms with Crippen molar-refractivity contribution < 1.29 is 19.1 Å². The number of methoxy groups -OCH3 is 2. The Balaban J connectivity index is 2.10. The highest BCUT2D eigenvalue weighted by atomic mass is 32.2. The lowest BCUT2D eigenvalue weighted by atomic mass is 10.1. The fourth-order valence-electron chi connectivity index (χ4n) is 1.63. The molecule has 1 aliphatic rings. The maximum absolute atomic E-state index is 11.4. The SMILES string of the molecule is COCCNC(=O)CSCC1(CC(=O)OC)CC1. The molecule has 1 aliphatic carbocycles. The number of carbonyl (C=O) groups is 2. The lowest BCUT2D eigenvalue weighted by Gasteiger charge is -2.12. The maximum atomic E-state index is 11.4. The molecule has 0 radical (unpaired) electrons. The second kappa shape index (κ2) is 7.63. The normalized spacial score (nSPS) is 16.1. The number of hydrogen-bond donors (Lipinski definition) is 1. The fraction of sp³-hybridized carbons (Fsp3) is 0.833. The Bertz CT molecular complexity index is 292. The van der Waals surface area contributed by atoms with Gasteiger partial charge in [-0.3, -0.25) is 9.59 Å². The van der Waals surface area contributed by atoms with E-state index in [9.17, 15) is 9.59 Å². The first-order valence-electron chi connectivity index (χ1n) is 6.02. The molecule has 0 aromatic heterocycles. The van der Waals surface area contributed by atoms with Crippen molar-refractivity contribution in [1.29, 1.82) is 0 Å². The summed E-state index contributed by atoms with van der Waals surface area (Å²) in [6, 6.07) is 0. The Hall–Kier alpha value is -0.750. The van der Waals surface area contributed by atoms with E-state index in [2.05, 4.69) is 10.1 Å².